The number of nitrogens with zero attached hydrogens (tertiary/aromatic N) is 2. The Morgan fingerprint density at radius 3 is 2.52 bits per heavy atom. The van der Waals surface area contributed by atoms with Gasteiger partial charge in [0.2, 0.25) is 0 Å². The third kappa shape index (κ3) is 3.53. The minimum Gasteiger partial charge on any atom is -0.258 e. The second-order valence-electron chi connectivity index (χ2n) is 6.33. The molecule has 1 heterocycles. The summed E-state index contributed by atoms with van der Waals surface area (Å²) < 4.78 is 13.2. The van der Waals surface area contributed by atoms with Gasteiger partial charge < -0.3 is 0 Å². The Hall–Kier alpha value is -3.60. The standard InChI is InChI=1S/C22H15FN2O2/c23-19-8-6-15(7-9-19)11-16-12-18-4-2-10-24-22(18)21(13-16)17-3-1-5-20(14-17)25(26)27/h1-10,12-14H,11H2. The van der Waals surface area contributed by atoms with Crippen LogP contribution in [-0.4, -0.2) is 9.91 Å². The number of halogens is 1. The lowest BCUT2D eigenvalue weighted by Crippen LogP contribution is -1.93. The van der Waals surface area contributed by atoms with Crippen LogP contribution in [-0.2, 0) is 6.42 Å². The zero-order chi connectivity index (χ0) is 18.8. The van der Waals surface area contributed by atoms with E-state index in [1.807, 2.05) is 30.3 Å². The summed E-state index contributed by atoms with van der Waals surface area (Å²) in [6.07, 6.45) is 2.34. The monoisotopic (exact) mass is 358 g/mol. The molecule has 4 aromatic rings. The fraction of sp³-hybridized carbons (Fsp3) is 0.0455. The van der Waals surface area contributed by atoms with E-state index in [0.717, 1.165) is 33.2 Å². The molecule has 0 spiro atoms. The Kier molecular flexibility index (Phi) is 4.34. The molecule has 1 aromatic heterocycles. The van der Waals surface area contributed by atoms with Crippen molar-refractivity contribution in [3.8, 4) is 11.1 Å². The van der Waals surface area contributed by atoms with E-state index in [4.69, 9.17) is 0 Å². The molecule has 5 heteroatoms. The van der Waals surface area contributed by atoms with Crippen LogP contribution in [0.15, 0.2) is 79.0 Å². The molecule has 0 fully saturated rings. The van der Waals surface area contributed by atoms with Gasteiger partial charge in [-0.25, -0.2) is 4.39 Å². The maximum absolute atomic E-state index is 13.2. The smallest absolute Gasteiger partial charge is 0.258 e. The molecule has 132 valence electrons. The summed E-state index contributed by atoms with van der Waals surface area (Å²) in [6.45, 7) is 0. The van der Waals surface area contributed by atoms with Crippen molar-refractivity contribution < 1.29 is 9.31 Å². The number of hydrogen-bond donors (Lipinski definition) is 0. The highest BCUT2D eigenvalue weighted by atomic mass is 19.1. The number of benzene rings is 3. The quantitative estimate of drug-likeness (QED) is 0.355. The van der Waals surface area contributed by atoms with Crippen LogP contribution in [0.1, 0.15) is 11.1 Å². The Morgan fingerprint density at radius 2 is 1.74 bits per heavy atom. The summed E-state index contributed by atoms with van der Waals surface area (Å²) >= 11 is 0. The van der Waals surface area contributed by atoms with E-state index in [-0.39, 0.29) is 11.5 Å². The summed E-state index contributed by atoms with van der Waals surface area (Å²) in [5.41, 5.74) is 4.44. The maximum atomic E-state index is 13.2. The fourth-order valence-corrected chi connectivity index (χ4v) is 3.20. The van der Waals surface area contributed by atoms with Crippen molar-refractivity contribution in [2.75, 3.05) is 0 Å². The van der Waals surface area contributed by atoms with E-state index >= 15 is 0 Å². The minimum atomic E-state index is -0.401. The van der Waals surface area contributed by atoms with E-state index in [9.17, 15) is 14.5 Å². The molecule has 0 aliphatic heterocycles. The van der Waals surface area contributed by atoms with Crippen LogP contribution < -0.4 is 0 Å². The van der Waals surface area contributed by atoms with E-state index in [2.05, 4.69) is 4.98 Å². The highest BCUT2D eigenvalue weighted by Gasteiger charge is 2.12. The van der Waals surface area contributed by atoms with Crippen molar-refractivity contribution in [1.29, 1.82) is 0 Å². The predicted molar refractivity (Wildman–Crippen MR) is 103 cm³/mol. The van der Waals surface area contributed by atoms with Crippen LogP contribution in [0.25, 0.3) is 22.0 Å². The average Bonchev–Trinajstić information content (AvgIpc) is 2.69. The number of aromatic nitrogens is 1. The number of pyridine rings is 1. The lowest BCUT2D eigenvalue weighted by molar-refractivity contribution is -0.384. The summed E-state index contributed by atoms with van der Waals surface area (Å²) in [6, 6.07) is 20.8. The van der Waals surface area contributed by atoms with Crippen LogP contribution in [0.2, 0.25) is 0 Å². The number of non-ortho nitro benzene ring substituents is 1. The van der Waals surface area contributed by atoms with Gasteiger partial charge in [0.25, 0.3) is 5.69 Å². The Labute approximate surface area is 155 Å². The molecule has 0 N–H and O–H groups in total. The molecule has 0 unspecified atom stereocenters. The van der Waals surface area contributed by atoms with Gasteiger partial charge in [0.1, 0.15) is 5.82 Å². The summed E-state index contributed by atoms with van der Waals surface area (Å²) in [5.74, 6) is -0.265. The van der Waals surface area contributed by atoms with Crippen LogP contribution in [0, 0.1) is 15.9 Å². The molecule has 0 radical (unpaired) electrons. The first-order valence-electron chi connectivity index (χ1n) is 8.47. The van der Waals surface area contributed by atoms with Crippen molar-refractivity contribution >= 4 is 16.6 Å². The maximum Gasteiger partial charge on any atom is 0.270 e. The fourth-order valence-electron chi connectivity index (χ4n) is 3.20. The van der Waals surface area contributed by atoms with Crippen LogP contribution >= 0.6 is 0 Å². The van der Waals surface area contributed by atoms with Crippen molar-refractivity contribution in [2.24, 2.45) is 0 Å². The van der Waals surface area contributed by atoms with E-state index < -0.39 is 4.92 Å². The molecular formula is C22H15FN2O2. The van der Waals surface area contributed by atoms with Crippen LogP contribution in [0.5, 0.6) is 0 Å². The zero-order valence-corrected chi connectivity index (χ0v) is 14.3. The molecule has 0 amide bonds. The number of nitro groups is 1. The van der Waals surface area contributed by atoms with Gasteiger partial charge in [-0.3, -0.25) is 15.1 Å². The van der Waals surface area contributed by atoms with Crippen LogP contribution in [0.4, 0.5) is 10.1 Å². The lowest BCUT2D eigenvalue weighted by Gasteiger charge is -2.10. The summed E-state index contributed by atoms with van der Waals surface area (Å²) in [4.78, 5) is 15.2. The highest BCUT2D eigenvalue weighted by Crippen LogP contribution is 2.31. The van der Waals surface area contributed by atoms with E-state index in [0.29, 0.717) is 6.42 Å². The molecule has 27 heavy (non-hydrogen) atoms. The Morgan fingerprint density at radius 1 is 0.926 bits per heavy atom. The van der Waals surface area contributed by atoms with Gasteiger partial charge in [-0.2, -0.15) is 0 Å². The third-order valence-electron chi connectivity index (χ3n) is 4.45. The Bertz CT molecular complexity index is 1140. The van der Waals surface area contributed by atoms with Crippen molar-refractivity contribution in [1.82, 2.24) is 4.98 Å². The number of hydrogen-bond acceptors (Lipinski definition) is 3. The van der Waals surface area contributed by atoms with Gasteiger partial charge in [-0.1, -0.05) is 30.3 Å². The van der Waals surface area contributed by atoms with Crippen molar-refractivity contribution in [3.05, 3.63) is 106 Å². The summed E-state index contributed by atoms with van der Waals surface area (Å²) in [7, 11) is 0. The largest absolute Gasteiger partial charge is 0.270 e. The normalized spacial score (nSPS) is 10.9. The highest BCUT2D eigenvalue weighted by molar-refractivity contribution is 5.94. The summed E-state index contributed by atoms with van der Waals surface area (Å²) in [5, 5.41) is 12.1. The topological polar surface area (TPSA) is 56.0 Å². The molecule has 0 aliphatic carbocycles. The van der Waals surface area contributed by atoms with E-state index in [1.54, 1.807) is 30.5 Å². The molecule has 0 saturated carbocycles. The molecule has 4 nitrogen and oxygen atoms in total. The number of rotatable bonds is 4. The molecular weight excluding hydrogens is 343 g/mol. The lowest BCUT2D eigenvalue weighted by atomic mass is 9.95. The molecule has 0 atom stereocenters. The van der Waals surface area contributed by atoms with E-state index in [1.165, 1.54) is 18.2 Å². The average molecular weight is 358 g/mol. The molecule has 0 saturated heterocycles. The molecule has 3 aromatic carbocycles. The van der Waals surface area contributed by atoms with Gasteiger partial charge >= 0.3 is 0 Å². The molecule has 4 rings (SSSR count). The first kappa shape index (κ1) is 16.8. The molecule has 0 bridgehead atoms. The van der Waals surface area contributed by atoms with Gasteiger partial charge in [0, 0.05) is 29.3 Å². The zero-order valence-electron chi connectivity index (χ0n) is 14.3. The molecule has 0 aliphatic rings. The third-order valence-corrected chi connectivity index (χ3v) is 4.45. The number of fused-ring (bicyclic) bond motifs is 1. The SMILES string of the molecule is O=[N+]([O-])c1cccc(-c2cc(Cc3ccc(F)cc3)cc3cccnc23)c1. The second kappa shape index (κ2) is 6.96. The minimum absolute atomic E-state index is 0.0421. The van der Waals surface area contributed by atoms with Crippen LogP contribution in [0.3, 0.4) is 0 Å². The first-order chi connectivity index (χ1) is 13.1. The van der Waals surface area contributed by atoms with Gasteiger partial charge in [-0.05, 0) is 53.4 Å². The van der Waals surface area contributed by atoms with Crippen molar-refractivity contribution in [2.45, 2.75) is 6.42 Å². The Balaban J connectivity index is 1.85. The van der Waals surface area contributed by atoms with Gasteiger partial charge in [0.05, 0.1) is 10.4 Å². The van der Waals surface area contributed by atoms with Gasteiger partial charge in [0.15, 0.2) is 0 Å². The van der Waals surface area contributed by atoms with Crippen molar-refractivity contribution in [3.63, 3.8) is 0 Å². The first-order valence-corrected chi connectivity index (χ1v) is 8.47. The second-order valence-corrected chi connectivity index (χ2v) is 6.33. The van der Waals surface area contributed by atoms with Gasteiger partial charge in [-0.15, -0.1) is 0 Å². The number of nitro benzene ring substituents is 1. The predicted octanol–water partition coefficient (Wildman–Crippen LogP) is 5.54.